The molecule has 0 radical (unpaired) electrons. The number of piperidine rings is 1. The van der Waals surface area contributed by atoms with Crippen molar-refractivity contribution in [2.45, 2.75) is 71.4 Å². The van der Waals surface area contributed by atoms with Crippen molar-refractivity contribution in [1.29, 1.82) is 0 Å². The van der Waals surface area contributed by atoms with Gasteiger partial charge in [0.15, 0.2) is 5.96 Å². The van der Waals surface area contributed by atoms with Crippen molar-refractivity contribution < 1.29 is 4.79 Å². The van der Waals surface area contributed by atoms with Crippen LogP contribution in [0.3, 0.4) is 0 Å². The number of benzene rings is 1. The van der Waals surface area contributed by atoms with E-state index in [9.17, 15) is 4.79 Å². The Balaban J connectivity index is 1.73. The topological polar surface area (TPSA) is 96.7 Å². The summed E-state index contributed by atoms with van der Waals surface area (Å²) in [5.74, 6) is 0.320. The highest BCUT2D eigenvalue weighted by Crippen LogP contribution is 2.19. The number of nitrogens with zero attached hydrogens (tertiary/aromatic N) is 2. The van der Waals surface area contributed by atoms with Crippen LogP contribution in [0, 0.1) is 5.92 Å². The number of nitrogens with two attached hydrogens (primary N) is 2. The Morgan fingerprint density at radius 3 is 2.72 bits per heavy atom. The number of guanidine groups is 1. The number of likely N-dealkylation sites (tertiary alicyclic amines) is 1. The average molecular weight is 402 g/mol. The quantitative estimate of drug-likeness (QED) is 0.285. The van der Waals surface area contributed by atoms with Gasteiger partial charge in [-0.2, -0.15) is 0 Å². The molecule has 1 unspecified atom stereocenters. The zero-order chi connectivity index (χ0) is 20.9. The van der Waals surface area contributed by atoms with Crippen LogP contribution in [-0.4, -0.2) is 36.4 Å². The second-order valence-electron chi connectivity index (χ2n) is 8.19. The first-order valence-electron chi connectivity index (χ1n) is 11.2. The van der Waals surface area contributed by atoms with Gasteiger partial charge >= 0.3 is 0 Å². The van der Waals surface area contributed by atoms with Crippen LogP contribution in [0.1, 0.15) is 69.4 Å². The van der Waals surface area contributed by atoms with Crippen LogP contribution in [0.25, 0.3) is 0 Å². The molecule has 1 aromatic carbocycles. The molecule has 1 aromatic rings. The lowest BCUT2D eigenvalue weighted by molar-refractivity contribution is -0.123. The van der Waals surface area contributed by atoms with Gasteiger partial charge in [-0.25, -0.2) is 4.99 Å². The second-order valence-corrected chi connectivity index (χ2v) is 8.19. The van der Waals surface area contributed by atoms with E-state index in [1.807, 2.05) is 0 Å². The highest BCUT2D eigenvalue weighted by Gasteiger charge is 2.23. The van der Waals surface area contributed by atoms with E-state index < -0.39 is 0 Å². The van der Waals surface area contributed by atoms with Crippen LogP contribution in [0.5, 0.6) is 0 Å². The monoisotopic (exact) mass is 401 g/mol. The molecule has 1 heterocycles. The smallest absolute Gasteiger partial charge is 0.221 e. The van der Waals surface area contributed by atoms with Gasteiger partial charge in [0.2, 0.25) is 5.91 Å². The Morgan fingerprint density at radius 2 is 1.93 bits per heavy atom. The van der Waals surface area contributed by atoms with Crippen molar-refractivity contribution in [2.24, 2.45) is 22.4 Å². The molecule has 0 spiro atoms. The third-order valence-electron chi connectivity index (χ3n) is 5.57. The third kappa shape index (κ3) is 9.31. The maximum Gasteiger partial charge on any atom is 0.221 e. The van der Waals surface area contributed by atoms with Gasteiger partial charge in [-0.3, -0.25) is 9.69 Å². The van der Waals surface area contributed by atoms with Gasteiger partial charge in [0.05, 0.1) is 12.5 Å². The molecule has 1 aliphatic rings. The van der Waals surface area contributed by atoms with Crippen LogP contribution < -0.4 is 16.8 Å². The number of amides is 1. The first kappa shape index (κ1) is 23.2. The fourth-order valence-electron chi connectivity index (χ4n) is 3.87. The molecule has 6 nitrogen and oxygen atoms in total. The zero-order valence-electron chi connectivity index (χ0n) is 18.0. The van der Waals surface area contributed by atoms with E-state index in [1.165, 1.54) is 37.7 Å². The SMILES string of the molecule is CCCCCCCCNC(N)=NCc1cccc(CN2CCCC(C(N)=O)C2)c1. The zero-order valence-corrected chi connectivity index (χ0v) is 18.0. The Hall–Kier alpha value is -2.08. The van der Waals surface area contributed by atoms with Crippen molar-refractivity contribution in [3.8, 4) is 0 Å². The lowest BCUT2D eigenvalue weighted by atomic mass is 9.97. The maximum absolute atomic E-state index is 11.5. The van der Waals surface area contributed by atoms with E-state index in [-0.39, 0.29) is 11.8 Å². The van der Waals surface area contributed by atoms with Gasteiger partial charge in [0.1, 0.15) is 0 Å². The summed E-state index contributed by atoms with van der Waals surface area (Å²) >= 11 is 0. The van der Waals surface area contributed by atoms with Gasteiger partial charge in [-0.15, -0.1) is 0 Å². The Bertz CT molecular complexity index is 646. The number of carbonyl (C=O) groups excluding carboxylic acids is 1. The summed E-state index contributed by atoms with van der Waals surface area (Å²) in [6.45, 7) is 6.31. The minimum absolute atomic E-state index is 0.0194. The van der Waals surface area contributed by atoms with Crippen molar-refractivity contribution in [3.05, 3.63) is 35.4 Å². The number of unbranched alkanes of at least 4 members (excludes halogenated alkanes) is 5. The summed E-state index contributed by atoms with van der Waals surface area (Å²) < 4.78 is 0. The van der Waals surface area contributed by atoms with Crippen molar-refractivity contribution in [3.63, 3.8) is 0 Å². The van der Waals surface area contributed by atoms with Crippen LogP contribution in [0.4, 0.5) is 0 Å². The van der Waals surface area contributed by atoms with Gasteiger partial charge in [-0.05, 0) is 36.9 Å². The fourth-order valence-corrected chi connectivity index (χ4v) is 3.87. The van der Waals surface area contributed by atoms with E-state index in [0.717, 1.165) is 51.0 Å². The molecule has 0 aliphatic carbocycles. The van der Waals surface area contributed by atoms with Gasteiger partial charge in [-0.1, -0.05) is 63.3 Å². The minimum Gasteiger partial charge on any atom is -0.370 e. The average Bonchev–Trinajstić information content (AvgIpc) is 2.72. The Morgan fingerprint density at radius 1 is 1.17 bits per heavy atom. The number of primary amides is 1. The maximum atomic E-state index is 11.5. The first-order valence-corrected chi connectivity index (χ1v) is 11.2. The van der Waals surface area contributed by atoms with Crippen LogP contribution >= 0.6 is 0 Å². The van der Waals surface area contributed by atoms with Crippen LogP contribution in [-0.2, 0) is 17.9 Å². The van der Waals surface area contributed by atoms with E-state index in [1.54, 1.807) is 0 Å². The molecule has 1 saturated heterocycles. The van der Waals surface area contributed by atoms with Gasteiger partial charge in [0.25, 0.3) is 0 Å². The van der Waals surface area contributed by atoms with Gasteiger partial charge < -0.3 is 16.8 Å². The number of rotatable bonds is 12. The number of aliphatic imine (C=N–C) groups is 1. The summed E-state index contributed by atoms with van der Waals surface area (Å²) in [5.41, 5.74) is 13.9. The lowest BCUT2D eigenvalue weighted by Crippen LogP contribution is -2.40. The Labute approximate surface area is 176 Å². The molecule has 2 rings (SSSR count). The molecule has 0 bridgehead atoms. The van der Waals surface area contributed by atoms with E-state index in [0.29, 0.717) is 12.5 Å². The highest BCUT2D eigenvalue weighted by atomic mass is 16.1. The summed E-state index contributed by atoms with van der Waals surface area (Å²) in [6, 6.07) is 8.45. The molecular formula is C23H39N5O. The van der Waals surface area contributed by atoms with Gasteiger partial charge in [0, 0.05) is 19.6 Å². The molecule has 1 amide bonds. The number of carbonyl (C=O) groups is 1. The predicted octanol–water partition coefficient (Wildman–Crippen LogP) is 3.15. The predicted molar refractivity (Wildman–Crippen MR) is 120 cm³/mol. The van der Waals surface area contributed by atoms with E-state index >= 15 is 0 Å². The molecular weight excluding hydrogens is 362 g/mol. The molecule has 0 aromatic heterocycles. The molecule has 5 N–H and O–H groups in total. The number of hydrogen-bond acceptors (Lipinski definition) is 3. The number of hydrogen-bond donors (Lipinski definition) is 3. The summed E-state index contributed by atoms with van der Waals surface area (Å²) in [4.78, 5) is 18.3. The number of nitrogens with one attached hydrogen (secondary N) is 1. The van der Waals surface area contributed by atoms with E-state index in [4.69, 9.17) is 11.5 Å². The van der Waals surface area contributed by atoms with Crippen LogP contribution in [0.2, 0.25) is 0 Å². The normalized spacial score (nSPS) is 18.0. The molecule has 1 aliphatic heterocycles. The summed E-state index contributed by atoms with van der Waals surface area (Å²) in [5, 5.41) is 3.22. The standard InChI is InChI=1S/C23H39N5O/c1-2-3-4-5-6-7-13-26-23(25)27-16-19-10-8-11-20(15-19)17-28-14-9-12-21(18-28)22(24)29/h8,10-11,15,21H,2-7,9,12-14,16-18H2,1H3,(H2,24,29)(H3,25,26,27). The van der Waals surface area contributed by atoms with Crippen LogP contribution in [0.15, 0.2) is 29.3 Å². The summed E-state index contributed by atoms with van der Waals surface area (Å²) in [7, 11) is 0. The first-order chi connectivity index (χ1) is 14.1. The molecule has 1 fully saturated rings. The third-order valence-corrected chi connectivity index (χ3v) is 5.57. The van der Waals surface area contributed by atoms with Crippen molar-refractivity contribution >= 4 is 11.9 Å². The van der Waals surface area contributed by atoms with E-state index in [2.05, 4.69) is 46.4 Å². The van der Waals surface area contributed by atoms with Crippen molar-refractivity contribution in [1.82, 2.24) is 10.2 Å². The largest absolute Gasteiger partial charge is 0.370 e. The molecule has 6 heteroatoms. The van der Waals surface area contributed by atoms with Crippen molar-refractivity contribution in [2.75, 3.05) is 19.6 Å². The molecule has 1 atom stereocenters. The Kier molecular flexibility index (Phi) is 10.6. The molecule has 162 valence electrons. The highest BCUT2D eigenvalue weighted by molar-refractivity contribution is 5.77. The summed E-state index contributed by atoms with van der Waals surface area (Å²) in [6.07, 6.45) is 9.56. The second kappa shape index (κ2) is 13.2. The fraction of sp³-hybridized carbons (Fsp3) is 0.652. The molecule has 0 saturated carbocycles. The lowest BCUT2D eigenvalue weighted by Gasteiger charge is -2.31. The minimum atomic E-state index is -0.179. The molecule has 29 heavy (non-hydrogen) atoms.